The van der Waals surface area contributed by atoms with Crippen LogP contribution in [0, 0.1) is 6.57 Å². The van der Waals surface area contributed by atoms with Crippen LogP contribution in [0.4, 0.5) is 5.69 Å². The fourth-order valence-electron chi connectivity index (χ4n) is 0.721. The van der Waals surface area contributed by atoms with Gasteiger partial charge in [-0.2, -0.15) is 10.2 Å². The first-order chi connectivity index (χ1) is 5.93. The molecule has 0 radical (unpaired) electrons. The lowest BCUT2D eigenvalue weighted by molar-refractivity contribution is 0.975. The molecule has 0 atom stereocenters. The minimum atomic E-state index is 0.413. The molecule has 0 spiro atoms. The van der Waals surface area contributed by atoms with Crippen LogP contribution in [0.25, 0.3) is 4.85 Å². The SMILES string of the molecule is [C-]#[N+]CCN=Nc1ccccc1. The molecule has 0 aliphatic rings. The first kappa shape index (κ1) is 8.41. The lowest BCUT2D eigenvalue weighted by Crippen LogP contribution is -1.79. The predicted molar refractivity (Wildman–Crippen MR) is 47.3 cm³/mol. The molecule has 0 aliphatic carbocycles. The summed E-state index contributed by atoms with van der Waals surface area (Å²) in [4.78, 5) is 3.16. The van der Waals surface area contributed by atoms with E-state index < -0.39 is 0 Å². The molecule has 0 aromatic heterocycles. The molecule has 0 unspecified atom stereocenters. The van der Waals surface area contributed by atoms with Crippen molar-refractivity contribution in [3.05, 3.63) is 41.7 Å². The molecule has 0 bridgehead atoms. The van der Waals surface area contributed by atoms with Gasteiger partial charge in [-0.1, -0.05) is 18.2 Å². The van der Waals surface area contributed by atoms with Crippen molar-refractivity contribution in [2.45, 2.75) is 0 Å². The zero-order chi connectivity index (χ0) is 8.65. The summed E-state index contributed by atoms with van der Waals surface area (Å²) >= 11 is 0. The Morgan fingerprint density at radius 2 is 2.00 bits per heavy atom. The number of benzene rings is 1. The molecule has 0 aliphatic heterocycles. The minimum absolute atomic E-state index is 0.413. The largest absolute Gasteiger partial charge is 0.315 e. The molecule has 12 heavy (non-hydrogen) atoms. The van der Waals surface area contributed by atoms with Crippen LogP contribution in [0.5, 0.6) is 0 Å². The number of azo groups is 1. The smallest absolute Gasteiger partial charge is 0.235 e. The van der Waals surface area contributed by atoms with Gasteiger partial charge in [-0.05, 0) is 12.1 Å². The van der Waals surface area contributed by atoms with Gasteiger partial charge in [-0.25, -0.2) is 6.57 Å². The molecule has 60 valence electrons. The van der Waals surface area contributed by atoms with E-state index in [0.717, 1.165) is 5.69 Å². The Hall–Kier alpha value is -1.69. The highest BCUT2D eigenvalue weighted by molar-refractivity contribution is 5.34. The fraction of sp³-hybridized carbons (Fsp3) is 0.222. The summed E-state index contributed by atoms with van der Waals surface area (Å²) in [5.41, 5.74) is 0.836. The standard InChI is InChI=1S/C9H9N3/c1-10-7-8-11-12-9-5-3-2-4-6-9/h2-6H,7-8H2. The van der Waals surface area contributed by atoms with Crippen molar-refractivity contribution in [3.8, 4) is 0 Å². The number of nitrogens with zero attached hydrogens (tertiary/aromatic N) is 3. The Morgan fingerprint density at radius 3 is 2.67 bits per heavy atom. The Kier molecular flexibility index (Phi) is 3.52. The molecule has 1 rings (SSSR count). The van der Waals surface area contributed by atoms with Crippen molar-refractivity contribution >= 4 is 5.69 Å². The Balaban J connectivity index is 2.43. The summed E-state index contributed by atoms with van der Waals surface area (Å²) < 4.78 is 0. The van der Waals surface area contributed by atoms with Gasteiger partial charge in [0.05, 0.1) is 5.69 Å². The molecule has 1 aromatic rings. The molecule has 0 amide bonds. The van der Waals surface area contributed by atoms with Gasteiger partial charge in [0.2, 0.25) is 6.54 Å². The van der Waals surface area contributed by atoms with E-state index in [1.54, 1.807) is 0 Å². The Morgan fingerprint density at radius 1 is 1.25 bits per heavy atom. The maximum absolute atomic E-state index is 6.51. The summed E-state index contributed by atoms with van der Waals surface area (Å²) in [5.74, 6) is 0. The highest BCUT2D eigenvalue weighted by atomic mass is 15.1. The minimum Gasteiger partial charge on any atom is -0.315 e. The average molecular weight is 159 g/mol. The Labute approximate surface area is 71.6 Å². The second-order valence-electron chi connectivity index (χ2n) is 2.18. The summed E-state index contributed by atoms with van der Waals surface area (Å²) in [5, 5.41) is 7.77. The van der Waals surface area contributed by atoms with Gasteiger partial charge in [0.25, 0.3) is 0 Å². The number of hydrogen-bond acceptors (Lipinski definition) is 2. The predicted octanol–water partition coefficient (Wildman–Crippen LogP) is 2.69. The van der Waals surface area contributed by atoms with Gasteiger partial charge in [0, 0.05) is 0 Å². The van der Waals surface area contributed by atoms with Gasteiger partial charge < -0.3 is 4.85 Å². The van der Waals surface area contributed by atoms with Gasteiger partial charge in [-0.3, -0.25) is 0 Å². The van der Waals surface area contributed by atoms with E-state index in [9.17, 15) is 0 Å². The molecule has 0 heterocycles. The number of rotatable bonds is 3. The molecule has 3 nitrogen and oxygen atoms in total. The highest BCUT2D eigenvalue weighted by Gasteiger charge is 1.85. The maximum atomic E-state index is 6.51. The average Bonchev–Trinajstić information content (AvgIpc) is 2.14. The van der Waals surface area contributed by atoms with E-state index in [0.29, 0.717) is 13.1 Å². The van der Waals surface area contributed by atoms with Gasteiger partial charge >= 0.3 is 0 Å². The molecule has 0 N–H and O–H groups in total. The maximum Gasteiger partial charge on any atom is 0.235 e. The normalized spacial score (nSPS) is 9.92. The van der Waals surface area contributed by atoms with Crippen molar-refractivity contribution in [2.75, 3.05) is 13.1 Å². The van der Waals surface area contributed by atoms with Crippen LogP contribution in [0.2, 0.25) is 0 Å². The highest BCUT2D eigenvalue weighted by Crippen LogP contribution is 2.09. The first-order valence-corrected chi connectivity index (χ1v) is 3.69. The fourth-order valence-corrected chi connectivity index (χ4v) is 0.721. The Bertz CT molecular complexity index is 284. The van der Waals surface area contributed by atoms with Crippen molar-refractivity contribution in [3.63, 3.8) is 0 Å². The van der Waals surface area contributed by atoms with Crippen LogP contribution in [0.15, 0.2) is 40.6 Å². The van der Waals surface area contributed by atoms with Crippen LogP contribution in [-0.2, 0) is 0 Å². The molecular weight excluding hydrogens is 150 g/mol. The van der Waals surface area contributed by atoms with E-state index in [4.69, 9.17) is 6.57 Å². The van der Waals surface area contributed by atoms with Crippen LogP contribution >= 0.6 is 0 Å². The third-order valence-electron chi connectivity index (χ3n) is 1.25. The van der Waals surface area contributed by atoms with E-state index in [2.05, 4.69) is 15.1 Å². The topological polar surface area (TPSA) is 29.1 Å². The van der Waals surface area contributed by atoms with E-state index >= 15 is 0 Å². The van der Waals surface area contributed by atoms with Gasteiger partial charge in [0.1, 0.15) is 6.54 Å². The quantitative estimate of drug-likeness (QED) is 0.368. The van der Waals surface area contributed by atoms with Crippen LogP contribution < -0.4 is 0 Å². The second-order valence-corrected chi connectivity index (χ2v) is 2.18. The third kappa shape index (κ3) is 2.93. The zero-order valence-corrected chi connectivity index (χ0v) is 6.64. The monoisotopic (exact) mass is 159 g/mol. The van der Waals surface area contributed by atoms with Crippen molar-refractivity contribution < 1.29 is 0 Å². The lowest BCUT2D eigenvalue weighted by atomic mass is 10.3. The van der Waals surface area contributed by atoms with Crippen LogP contribution in [-0.4, -0.2) is 13.1 Å². The van der Waals surface area contributed by atoms with Crippen molar-refractivity contribution in [1.29, 1.82) is 0 Å². The molecule has 1 aromatic carbocycles. The lowest BCUT2D eigenvalue weighted by Gasteiger charge is -1.87. The van der Waals surface area contributed by atoms with Crippen LogP contribution in [0.3, 0.4) is 0 Å². The van der Waals surface area contributed by atoms with Crippen molar-refractivity contribution in [2.24, 2.45) is 10.2 Å². The third-order valence-corrected chi connectivity index (χ3v) is 1.25. The molecule has 0 saturated carbocycles. The number of hydrogen-bond donors (Lipinski definition) is 0. The van der Waals surface area contributed by atoms with E-state index in [1.807, 2.05) is 30.3 Å². The summed E-state index contributed by atoms with van der Waals surface area (Å²) in [7, 11) is 0. The molecule has 0 fully saturated rings. The van der Waals surface area contributed by atoms with Crippen LogP contribution in [0.1, 0.15) is 0 Å². The van der Waals surface area contributed by atoms with Gasteiger partial charge in [-0.15, -0.1) is 0 Å². The van der Waals surface area contributed by atoms with E-state index in [1.165, 1.54) is 0 Å². The molecule has 3 heteroatoms. The first-order valence-electron chi connectivity index (χ1n) is 3.69. The molecular formula is C9H9N3. The van der Waals surface area contributed by atoms with E-state index in [-0.39, 0.29) is 0 Å². The second kappa shape index (κ2) is 5.03. The summed E-state index contributed by atoms with van der Waals surface area (Å²) in [6, 6.07) is 9.49. The van der Waals surface area contributed by atoms with Crippen molar-refractivity contribution in [1.82, 2.24) is 0 Å². The zero-order valence-electron chi connectivity index (χ0n) is 6.64. The molecule has 0 saturated heterocycles. The summed E-state index contributed by atoms with van der Waals surface area (Å²) in [6.45, 7) is 7.41. The summed E-state index contributed by atoms with van der Waals surface area (Å²) in [6.07, 6.45) is 0. The van der Waals surface area contributed by atoms with Gasteiger partial charge in [0.15, 0.2) is 0 Å².